The number of hydrogen-bond donors (Lipinski definition) is 0. The Bertz CT molecular complexity index is 808. The lowest BCUT2D eigenvalue weighted by molar-refractivity contribution is -0.133. The Hall–Kier alpha value is -1.98. The number of likely N-dealkylation sites (tertiary alicyclic amines) is 1. The zero-order valence-corrected chi connectivity index (χ0v) is 16.8. The summed E-state index contributed by atoms with van der Waals surface area (Å²) in [6.45, 7) is 8.15. The summed E-state index contributed by atoms with van der Waals surface area (Å²) in [5.41, 5.74) is 1.84. The van der Waals surface area contributed by atoms with Crippen molar-refractivity contribution in [1.29, 1.82) is 0 Å². The van der Waals surface area contributed by atoms with E-state index in [1.807, 2.05) is 16.6 Å². The number of carbonyl (C=O) groups is 1. The second-order valence-corrected chi connectivity index (χ2v) is 9.31. The highest BCUT2D eigenvalue weighted by Gasteiger charge is 2.29. The van der Waals surface area contributed by atoms with Gasteiger partial charge in [-0.15, -0.1) is 10.2 Å². The van der Waals surface area contributed by atoms with Crippen molar-refractivity contribution in [2.45, 2.75) is 77.0 Å². The lowest BCUT2D eigenvalue weighted by atomic mass is 9.92. The minimum atomic E-state index is -0.00818. The van der Waals surface area contributed by atoms with Crippen LogP contribution in [0, 0.1) is 5.92 Å². The smallest absolute Gasteiger partial charge is 0.222 e. The van der Waals surface area contributed by atoms with Crippen LogP contribution in [0.3, 0.4) is 0 Å². The molecule has 2 aliphatic rings. The van der Waals surface area contributed by atoms with E-state index in [0.717, 1.165) is 49.5 Å². The molecule has 0 unspecified atom stereocenters. The predicted octanol–water partition coefficient (Wildman–Crippen LogP) is 3.71. The quantitative estimate of drug-likeness (QED) is 0.827. The molecule has 1 saturated carbocycles. The molecule has 1 amide bonds. The van der Waals surface area contributed by atoms with Crippen molar-refractivity contribution in [3.63, 3.8) is 0 Å². The molecule has 0 spiro atoms. The first kappa shape index (κ1) is 18.4. The van der Waals surface area contributed by atoms with Gasteiger partial charge in [0.05, 0.1) is 5.69 Å². The van der Waals surface area contributed by atoms with Crippen molar-refractivity contribution in [3.8, 4) is 0 Å². The maximum absolute atomic E-state index is 12.6. The van der Waals surface area contributed by atoms with Crippen LogP contribution in [0.1, 0.15) is 83.2 Å². The van der Waals surface area contributed by atoms with Gasteiger partial charge in [0.1, 0.15) is 0 Å². The summed E-state index contributed by atoms with van der Waals surface area (Å²) in [5, 5.41) is 13.6. The highest BCUT2D eigenvalue weighted by molar-refractivity contribution is 5.76. The zero-order valence-electron chi connectivity index (χ0n) is 16.8. The highest BCUT2D eigenvalue weighted by Crippen LogP contribution is 2.31. The molecule has 0 bridgehead atoms. The molecule has 1 saturated heterocycles. The van der Waals surface area contributed by atoms with Crippen LogP contribution in [0.25, 0.3) is 5.65 Å². The molecule has 3 heterocycles. The van der Waals surface area contributed by atoms with Gasteiger partial charge in [-0.2, -0.15) is 9.61 Å². The Balaban J connectivity index is 1.44. The van der Waals surface area contributed by atoms with Gasteiger partial charge in [-0.3, -0.25) is 4.79 Å². The third kappa shape index (κ3) is 3.85. The van der Waals surface area contributed by atoms with Gasteiger partial charge in [-0.05, 0) is 43.7 Å². The van der Waals surface area contributed by atoms with Gasteiger partial charge in [-0.1, -0.05) is 33.6 Å². The van der Waals surface area contributed by atoms with Crippen LogP contribution >= 0.6 is 0 Å². The molecule has 6 heteroatoms. The summed E-state index contributed by atoms with van der Waals surface area (Å²) in [4.78, 5) is 14.7. The molecule has 146 valence electrons. The van der Waals surface area contributed by atoms with Crippen LogP contribution in [-0.2, 0) is 10.2 Å². The van der Waals surface area contributed by atoms with Crippen LogP contribution in [0.4, 0.5) is 0 Å². The summed E-state index contributed by atoms with van der Waals surface area (Å²) in [7, 11) is 0. The van der Waals surface area contributed by atoms with E-state index in [1.54, 1.807) is 0 Å². The maximum Gasteiger partial charge on any atom is 0.222 e. The van der Waals surface area contributed by atoms with E-state index < -0.39 is 0 Å². The van der Waals surface area contributed by atoms with E-state index in [-0.39, 0.29) is 5.41 Å². The van der Waals surface area contributed by atoms with Crippen molar-refractivity contribution >= 4 is 11.6 Å². The first-order valence-corrected chi connectivity index (χ1v) is 10.4. The minimum Gasteiger partial charge on any atom is -0.343 e. The van der Waals surface area contributed by atoms with Crippen molar-refractivity contribution in [2.24, 2.45) is 5.92 Å². The Morgan fingerprint density at radius 2 is 1.78 bits per heavy atom. The molecule has 2 fully saturated rings. The number of carbonyl (C=O) groups excluding carboxylic acids is 1. The molecule has 6 nitrogen and oxygen atoms in total. The second-order valence-electron chi connectivity index (χ2n) is 9.31. The summed E-state index contributed by atoms with van der Waals surface area (Å²) < 4.78 is 1.92. The van der Waals surface area contributed by atoms with Crippen molar-refractivity contribution in [1.82, 2.24) is 24.7 Å². The predicted molar refractivity (Wildman–Crippen MR) is 105 cm³/mol. The summed E-state index contributed by atoms with van der Waals surface area (Å²) >= 11 is 0. The van der Waals surface area contributed by atoms with E-state index in [9.17, 15) is 4.79 Å². The highest BCUT2D eigenvalue weighted by atomic mass is 16.2. The van der Waals surface area contributed by atoms with Crippen LogP contribution < -0.4 is 0 Å². The molecule has 1 aliphatic carbocycles. The average molecular weight is 370 g/mol. The number of amides is 1. The Kier molecular flexibility index (Phi) is 4.91. The summed E-state index contributed by atoms with van der Waals surface area (Å²) in [6, 6.07) is 4.04. The molecular weight excluding hydrogens is 338 g/mol. The van der Waals surface area contributed by atoms with Crippen LogP contribution in [0.2, 0.25) is 0 Å². The SMILES string of the molecule is CC(C)(C)c1ccc2nnc(C3CCN(C(=O)CC4CCCC4)CC3)n2n1. The van der Waals surface area contributed by atoms with Gasteiger partial charge < -0.3 is 4.90 Å². The molecule has 2 aromatic rings. The minimum absolute atomic E-state index is 0.00818. The number of fused-ring (bicyclic) bond motifs is 1. The normalized spacial score (nSPS) is 19.9. The van der Waals surface area contributed by atoms with Crippen LogP contribution in [-0.4, -0.2) is 43.7 Å². The monoisotopic (exact) mass is 369 g/mol. The molecule has 1 aliphatic heterocycles. The van der Waals surface area contributed by atoms with Gasteiger partial charge in [0, 0.05) is 30.8 Å². The fraction of sp³-hybridized carbons (Fsp3) is 0.714. The number of rotatable bonds is 3. The number of hydrogen-bond acceptors (Lipinski definition) is 4. The van der Waals surface area contributed by atoms with E-state index in [4.69, 9.17) is 5.10 Å². The molecule has 2 aromatic heterocycles. The number of aromatic nitrogens is 4. The molecule has 0 atom stereocenters. The third-order valence-corrected chi connectivity index (χ3v) is 6.21. The maximum atomic E-state index is 12.6. The topological polar surface area (TPSA) is 63.4 Å². The van der Waals surface area contributed by atoms with Gasteiger partial charge in [0.25, 0.3) is 0 Å². The second kappa shape index (κ2) is 7.21. The van der Waals surface area contributed by atoms with E-state index in [0.29, 0.717) is 17.7 Å². The molecular formula is C21H31N5O. The van der Waals surface area contributed by atoms with Gasteiger partial charge >= 0.3 is 0 Å². The first-order valence-electron chi connectivity index (χ1n) is 10.4. The van der Waals surface area contributed by atoms with Crippen molar-refractivity contribution < 1.29 is 4.79 Å². The molecule has 0 radical (unpaired) electrons. The molecule has 4 rings (SSSR count). The van der Waals surface area contributed by atoms with Gasteiger partial charge in [-0.25, -0.2) is 0 Å². The van der Waals surface area contributed by atoms with Crippen LogP contribution in [0.5, 0.6) is 0 Å². The Morgan fingerprint density at radius 1 is 1.07 bits per heavy atom. The van der Waals surface area contributed by atoms with E-state index >= 15 is 0 Å². The zero-order chi connectivity index (χ0) is 19.0. The van der Waals surface area contributed by atoms with Crippen molar-refractivity contribution in [3.05, 3.63) is 23.7 Å². The Labute approximate surface area is 161 Å². The van der Waals surface area contributed by atoms with Crippen LogP contribution in [0.15, 0.2) is 12.1 Å². The summed E-state index contributed by atoms with van der Waals surface area (Å²) in [6.07, 6.45) is 7.69. The number of nitrogens with zero attached hydrogens (tertiary/aromatic N) is 5. The lowest BCUT2D eigenvalue weighted by Gasteiger charge is -2.32. The van der Waals surface area contributed by atoms with Crippen molar-refractivity contribution in [2.75, 3.05) is 13.1 Å². The van der Waals surface area contributed by atoms with Gasteiger partial charge in [0.15, 0.2) is 11.5 Å². The average Bonchev–Trinajstić information content (AvgIpc) is 3.30. The summed E-state index contributed by atoms with van der Waals surface area (Å²) in [5.74, 6) is 2.23. The molecule has 0 aromatic carbocycles. The van der Waals surface area contributed by atoms with Gasteiger partial charge in [0.2, 0.25) is 5.91 Å². The fourth-order valence-electron chi connectivity index (χ4n) is 4.44. The fourth-order valence-corrected chi connectivity index (χ4v) is 4.44. The molecule has 0 N–H and O–H groups in total. The third-order valence-electron chi connectivity index (χ3n) is 6.21. The first-order chi connectivity index (χ1) is 12.9. The lowest BCUT2D eigenvalue weighted by Crippen LogP contribution is -2.39. The number of piperidine rings is 1. The largest absolute Gasteiger partial charge is 0.343 e. The van der Waals surface area contributed by atoms with E-state index in [1.165, 1.54) is 25.7 Å². The Morgan fingerprint density at radius 3 is 2.44 bits per heavy atom. The standard InChI is InChI=1S/C21H31N5O/c1-21(2,3)17-8-9-18-22-23-20(26(18)24-17)16-10-12-25(13-11-16)19(27)14-15-6-4-5-7-15/h8-9,15-16H,4-7,10-14H2,1-3H3. The molecule has 27 heavy (non-hydrogen) atoms. The van der Waals surface area contributed by atoms with E-state index in [2.05, 4.69) is 35.9 Å².